The van der Waals surface area contributed by atoms with Crippen molar-refractivity contribution in [3.8, 4) is 11.5 Å². The van der Waals surface area contributed by atoms with Gasteiger partial charge in [0.15, 0.2) is 17.3 Å². The quantitative estimate of drug-likeness (QED) is 0.801. The van der Waals surface area contributed by atoms with E-state index in [0.29, 0.717) is 30.3 Å². The van der Waals surface area contributed by atoms with Crippen LogP contribution in [0.25, 0.3) is 0 Å². The molecule has 124 valence electrons. The average Bonchev–Trinajstić information content (AvgIpc) is 2.88. The Morgan fingerprint density at radius 3 is 2.35 bits per heavy atom. The minimum atomic E-state index is -0.0230. The fourth-order valence-electron chi connectivity index (χ4n) is 3.06. The molecule has 23 heavy (non-hydrogen) atoms. The Morgan fingerprint density at radius 2 is 1.61 bits per heavy atom. The second-order valence-electron chi connectivity index (χ2n) is 6.08. The fraction of sp³-hybridized carbons (Fsp3) is 0.556. The SMILES string of the molecule is O=C(CCC(=O)N1CCCCCC1)c1ccc2c(c1)OCCO2. The van der Waals surface area contributed by atoms with E-state index in [1.54, 1.807) is 18.2 Å². The molecule has 1 aromatic carbocycles. The van der Waals surface area contributed by atoms with E-state index >= 15 is 0 Å². The molecule has 0 N–H and O–H groups in total. The largest absolute Gasteiger partial charge is 0.486 e. The summed E-state index contributed by atoms with van der Waals surface area (Å²) in [6.07, 6.45) is 5.06. The van der Waals surface area contributed by atoms with Crippen molar-refractivity contribution < 1.29 is 19.1 Å². The van der Waals surface area contributed by atoms with Crippen LogP contribution in [0.4, 0.5) is 0 Å². The molecule has 0 aliphatic carbocycles. The summed E-state index contributed by atoms with van der Waals surface area (Å²) in [5.74, 6) is 1.36. The first-order valence-electron chi connectivity index (χ1n) is 8.45. The van der Waals surface area contributed by atoms with Crippen molar-refractivity contribution in [2.75, 3.05) is 26.3 Å². The van der Waals surface area contributed by atoms with Crippen LogP contribution < -0.4 is 9.47 Å². The standard InChI is InChI=1S/C18H23NO4/c20-15(6-8-18(21)19-9-3-1-2-4-10-19)14-5-7-16-17(13-14)23-12-11-22-16/h5,7,13H,1-4,6,8-12H2. The van der Waals surface area contributed by atoms with Gasteiger partial charge in [0.1, 0.15) is 13.2 Å². The van der Waals surface area contributed by atoms with Crippen LogP contribution in [-0.4, -0.2) is 42.9 Å². The number of ketones is 1. The number of amides is 1. The highest BCUT2D eigenvalue weighted by atomic mass is 16.6. The first kappa shape index (κ1) is 15.8. The zero-order chi connectivity index (χ0) is 16.1. The lowest BCUT2D eigenvalue weighted by Gasteiger charge is -2.20. The molecule has 0 spiro atoms. The maximum atomic E-state index is 12.3. The van der Waals surface area contributed by atoms with Crippen molar-refractivity contribution in [3.63, 3.8) is 0 Å². The molecule has 0 aromatic heterocycles. The number of carbonyl (C=O) groups excluding carboxylic acids is 2. The normalized spacial score (nSPS) is 17.5. The number of rotatable bonds is 4. The summed E-state index contributed by atoms with van der Waals surface area (Å²) >= 11 is 0. The van der Waals surface area contributed by atoms with Crippen LogP contribution in [0.1, 0.15) is 48.9 Å². The van der Waals surface area contributed by atoms with Crippen molar-refractivity contribution >= 4 is 11.7 Å². The summed E-state index contributed by atoms with van der Waals surface area (Å²) in [7, 11) is 0. The van der Waals surface area contributed by atoms with Crippen LogP contribution >= 0.6 is 0 Å². The molecule has 3 rings (SSSR count). The van der Waals surface area contributed by atoms with Crippen molar-refractivity contribution in [1.82, 2.24) is 4.90 Å². The number of ether oxygens (including phenoxy) is 2. The third-order valence-electron chi connectivity index (χ3n) is 4.39. The molecule has 0 atom stereocenters. The van der Waals surface area contributed by atoms with E-state index in [4.69, 9.17) is 9.47 Å². The number of hydrogen-bond donors (Lipinski definition) is 0. The highest BCUT2D eigenvalue weighted by Gasteiger charge is 2.19. The second kappa shape index (κ2) is 7.49. The van der Waals surface area contributed by atoms with Gasteiger partial charge in [0.2, 0.25) is 5.91 Å². The van der Waals surface area contributed by atoms with Gasteiger partial charge in [-0.3, -0.25) is 9.59 Å². The van der Waals surface area contributed by atoms with Gasteiger partial charge in [-0.05, 0) is 31.0 Å². The van der Waals surface area contributed by atoms with Crippen molar-refractivity contribution in [1.29, 1.82) is 0 Å². The number of fused-ring (bicyclic) bond motifs is 1. The minimum absolute atomic E-state index is 0.0230. The molecule has 5 nitrogen and oxygen atoms in total. The fourth-order valence-corrected chi connectivity index (χ4v) is 3.06. The van der Waals surface area contributed by atoms with Gasteiger partial charge < -0.3 is 14.4 Å². The number of hydrogen-bond acceptors (Lipinski definition) is 4. The van der Waals surface area contributed by atoms with E-state index in [2.05, 4.69) is 0 Å². The molecule has 5 heteroatoms. The van der Waals surface area contributed by atoms with E-state index in [0.717, 1.165) is 25.9 Å². The van der Waals surface area contributed by atoms with Crippen LogP contribution in [0, 0.1) is 0 Å². The summed E-state index contributed by atoms with van der Waals surface area (Å²) in [4.78, 5) is 26.5. The lowest BCUT2D eigenvalue weighted by atomic mass is 10.1. The predicted molar refractivity (Wildman–Crippen MR) is 86.0 cm³/mol. The lowest BCUT2D eigenvalue weighted by Crippen LogP contribution is -2.32. The molecule has 1 amide bonds. The lowest BCUT2D eigenvalue weighted by molar-refractivity contribution is -0.131. The minimum Gasteiger partial charge on any atom is -0.486 e. The Bertz CT molecular complexity index is 576. The molecule has 0 radical (unpaired) electrons. The molecule has 0 saturated carbocycles. The van der Waals surface area contributed by atoms with E-state index in [-0.39, 0.29) is 24.5 Å². The summed E-state index contributed by atoms with van der Waals surface area (Å²) in [5, 5.41) is 0. The molecular formula is C18H23NO4. The van der Waals surface area contributed by atoms with Gasteiger partial charge in [0.25, 0.3) is 0 Å². The first-order valence-corrected chi connectivity index (χ1v) is 8.45. The smallest absolute Gasteiger partial charge is 0.223 e. The average molecular weight is 317 g/mol. The monoisotopic (exact) mass is 317 g/mol. The topological polar surface area (TPSA) is 55.8 Å². The molecular weight excluding hydrogens is 294 g/mol. The van der Waals surface area contributed by atoms with E-state index < -0.39 is 0 Å². The van der Waals surface area contributed by atoms with E-state index in [1.807, 2.05) is 4.90 Å². The molecule has 1 fully saturated rings. The van der Waals surface area contributed by atoms with Gasteiger partial charge >= 0.3 is 0 Å². The molecule has 1 aromatic rings. The number of carbonyl (C=O) groups is 2. The van der Waals surface area contributed by atoms with E-state index in [1.165, 1.54) is 12.8 Å². The third-order valence-corrected chi connectivity index (χ3v) is 4.39. The zero-order valence-corrected chi connectivity index (χ0v) is 13.4. The van der Waals surface area contributed by atoms with Crippen LogP contribution in [0.15, 0.2) is 18.2 Å². The summed E-state index contributed by atoms with van der Waals surface area (Å²) in [6, 6.07) is 5.22. The van der Waals surface area contributed by atoms with Crippen LogP contribution in [0.2, 0.25) is 0 Å². The second-order valence-corrected chi connectivity index (χ2v) is 6.08. The Kier molecular flexibility index (Phi) is 5.16. The molecule has 2 aliphatic rings. The Labute approximate surface area is 136 Å². The maximum absolute atomic E-state index is 12.3. The number of likely N-dealkylation sites (tertiary alicyclic amines) is 1. The Hall–Kier alpha value is -2.04. The molecule has 2 aliphatic heterocycles. The highest BCUT2D eigenvalue weighted by molar-refractivity contribution is 5.98. The maximum Gasteiger partial charge on any atom is 0.223 e. The summed E-state index contributed by atoms with van der Waals surface area (Å²) in [6.45, 7) is 2.69. The van der Waals surface area contributed by atoms with Gasteiger partial charge in [-0.1, -0.05) is 12.8 Å². The van der Waals surface area contributed by atoms with Gasteiger partial charge in [0, 0.05) is 31.5 Å². The summed E-state index contributed by atoms with van der Waals surface area (Å²) < 4.78 is 10.9. The molecule has 1 saturated heterocycles. The van der Waals surface area contributed by atoms with Crippen molar-refractivity contribution in [2.24, 2.45) is 0 Å². The molecule has 0 unspecified atom stereocenters. The summed E-state index contributed by atoms with van der Waals surface area (Å²) in [5.41, 5.74) is 0.581. The first-order chi connectivity index (χ1) is 11.2. The van der Waals surface area contributed by atoms with Gasteiger partial charge in [-0.15, -0.1) is 0 Å². The van der Waals surface area contributed by atoms with Gasteiger partial charge in [-0.25, -0.2) is 0 Å². The van der Waals surface area contributed by atoms with Crippen LogP contribution in [0.3, 0.4) is 0 Å². The zero-order valence-electron chi connectivity index (χ0n) is 13.4. The van der Waals surface area contributed by atoms with Crippen LogP contribution in [-0.2, 0) is 4.79 Å². The molecule has 0 bridgehead atoms. The number of nitrogens with zero attached hydrogens (tertiary/aromatic N) is 1. The van der Waals surface area contributed by atoms with Crippen LogP contribution in [0.5, 0.6) is 11.5 Å². The number of Topliss-reactive ketones (excluding diaryl/α,β-unsaturated/α-hetero) is 1. The predicted octanol–water partition coefficient (Wildman–Crippen LogP) is 2.82. The highest BCUT2D eigenvalue weighted by Crippen LogP contribution is 2.31. The number of benzene rings is 1. The van der Waals surface area contributed by atoms with E-state index in [9.17, 15) is 9.59 Å². The van der Waals surface area contributed by atoms with Gasteiger partial charge in [-0.2, -0.15) is 0 Å². The van der Waals surface area contributed by atoms with Gasteiger partial charge in [0.05, 0.1) is 0 Å². The van der Waals surface area contributed by atoms with Crippen molar-refractivity contribution in [3.05, 3.63) is 23.8 Å². The Morgan fingerprint density at radius 1 is 0.913 bits per heavy atom. The van der Waals surface area contributed by atoms with Crippen molar-refractivity contribution in [2.45, 2.75) is 38.5 Å². The third kappa shape index (κ3) is 4.03. The molecule has 2 heterocycles. The Balaban J connectivity index is 1.55.